The van der Waals surface area contributed by atoms with E-state index in [0.29, 0.717) is 0 Å². The van der Waals surface area contributed by atoms with Gasteiger partial charge in [0.05, 0.1) is 5.69 Å². The molecule has 0 saturated carbocycles. The number of hydrogen-bond acceptors (Lipinski definition) is 2. The Hall–Kier alpha value is -2.24. The topological polar surface area (TPSA) is 59.2 Å². The first-order valence-corrected chi connectivity index (χ1v) is 7.75. The molecule has 22 heavy (non-hydrogen) atoms. The summed E-state index contributed by atoms with van der Waals surface area (Å²) in [5.74, 6) is 0.848. The molecule has 0 atom stereocenters. The Bertz CT molecular complexity index is 582. The van der Waals surface area contributed by atoms with Gasteiger partial charge in [0.15, 0.2) is 5.96 Å². The van der Waals surface area contributed by atoms with Crippen molar-refractivity contribution < 1.29 is 0 Å². The van der Waals surface area contributed by atoms with Gasteiger partial charge in [-0.1, -0.05) is 0 Å². The molecule has 120 valence electrons. The number of rotatable bonds is 7. The molecular weight excluding hydrogens is 276 g/mol. The molecule has 6 heteroatoms. The minimum atomic E-state index is 0.848. The normalized spacial score (nSPS) is 11.7. The lowest BCUT2D eigenvalue weighted by Crippen LogP contribution is -2.39. The summed E-state index contributed by atoms with van der Waals surface area (Å²) in [6.07, 6.45) is 5.14. The lowest BCUT2D eigenvalue weighted by molar-refractivity contribution is 0.554. The average molecular weight is 302 g/mol. The highest BCUT2D eigenvalue weighted by atomic mass is 15.3. The van der Waals surface area contributed by atoms with E-state index >= 15 is 0 Å². The van der Waals surface area contributed by atoms with Gasteiger partial charge in [-0.25, -0.2) is 0 Å². The van der Waals surface area contributed by atoms with E-state index in [0.717, 1.165) is 44.3 Å². The third-order valence-electron chi connectivity index (χ3n) is 3.49. The van der Waals surface area contributed by atoms with Crippen molar-refractivity contribution in [3.8, 4) is 0 Å². The van der Waals surface area contributed by atoms with Crippen LogP contribution in [0.1, 0.15) is 17.8 Å². The molecule has 2 heterocycles. The summed E-state index contributed by atoms with van der Waals surface area (Å²) in [5, 5.41) is 11.1. The van der Waals surface area contributed by atoms with Crippen molar-refractivity contribution in [2.45, 2.75) is 33.4 Å². The first kappa shape index (κ1) is 16.1. The molecule has 0 fully saturated rings. The number of hydrogen-bond donors (Lipinski definition) is 2. The molecule has 0 radical (unpaired) electrons. The smallest absolute Gasteiger partial charge is 0.191 e. The van der Waals surface area contributed by atoms with Crippen molar-refractivity contribution in [3.63, 3.8) is 0 Å². The fourth-order valence-electron chi connectivity index (χ4n) is 2.38. The highest BCUT2D eigenvalue weighted by molar-refractivity contribution is 5.79. The van der Waals surface area contributed by atoms with Gasteiger partial charge in [0, 0.05) is 51.3 Å². The Kier molecular flexibility index (Phi) is 6.06. The van der Waals surface area contributed by atoms with E-state index in [-0.39, 0.29) is 0 Å². The molecule has 0 aliphatic carbocycles. The van der Waals surface area contributed by atoms with Gasteiger partial charge in [-0.15, -0.1) is 0 Å². The Balaban J connectivity index is 1.63. The quantitative estimate of drug-likeness (QED) is 0.463. The van der Waals surface area contributed by atoms with Crippen molar-refractivity contribution in [1.29, 1.82) is 0 Å². The Morgan fingerprint density at radius 3 is 2.50 bits per heavy atom. The molecule has 0 aliphatic heterocycles. The van der Waals surface area contributed by atoms with Crippen LogP contribution in [0.5, 0.6) is 0 Å². The summed E-state index contributed by atoms with van der Waals surface area (Å²) >= 11 is 0. The minimum Gasteiger partial charge on any atom is -0.356 e. The van der Waals surface area contributed by atoms with Crippen molar-refractivity contribution in [3.05, 3.63) is 42.0 Å². The number of aryl methyl sites for hydroxylation is 3. The number of nitrogens with one attached hydrogen (secondary N) is 2. The molecule has 0 saturated heterocycles. The highest BCUT2D eigenvalue weighted by Crippen LogP contribution is 2.02. The van der Waals surface area contributed by atoms with Gasteiger partial charge >= 0.3 is 0 Å². The van der Waals surface area contributed by atoms with E-state index in [1.54, 1.807) is 7.05 Å². The second-order valence-corrected chi connectivity index (χ2v) is 5.35. The summed E-state index contributed by atoms with van der Waals surface area (Å²) in [6.45, 7) is 7.70. The number of aliphatic imine (C=N–C) groups is 1. The van der Waals surface area contributed by atoms with Gasteiger partial charge in [-0.3, -0.25) is 9.67 Å². The Morgan fingerprint density at radius 1 is 1.14 bits per heavy atom. The van der Waals surface area contributed by atoms with Crippen molar-refractivity contribution in [1.82, 2.24) is 25.0 Å². The zero-order valence-corrected chi connectivity index (χ0v) is 13.7. The summed E-state index contributed by atoms with van der Waals surface area (Å²) in [7, 11) is 1.80. The fourth-order valence-corrected chi connectivity index (χ4v) is 2.38. The molecule has 0 aromatic carbocycles. The number of aromatic nitrogens is 3. The van der Waals surface area contributed by atoms with Gasteiger partial charge in [-0.2, -0.15) is 5.10 Å². The van der Waals surface area contributed by atoms with Crippen molar-refractivity contribution in [2.75, 3.05) is 20.1 Å². The second-order valence-electron chi connectivity index (χ2n) is 5.35. The van der Waals surface area contributed by atoms with Crippen LogP contribution in [0.3, 0.4) is 0 Å². The SMILES string of the molecule is CN=C(NCCCn1nc(C)cc1C)NCCn1cccc1. The van der Waals surface area contributed by atoms with E-state index < -0.39 is 0 Å². The van der Waals surface area contributed by atoms with Crippen LogP contribution in [-0.2, 0) is 13.1 Å². The molecule has 0 amide bonds. The van der Waals surface area contributed by atoms with E-state index in [9.17, 15) is 0 Å². The lowest BCUT2D eigenvalue weighted by Gasteiger charge is -2.12. The van der Waals surface area contributed by atoms with Crippen LogP contribution in [0.4, 0.5) is 0 Å². The minimum absolute atomic E-state index is 0.848. The molecule has 0 unspecified atom stereocenters. The van der Waals surface area contributed by atoms with Crippen LogP contribution in [0.25, 0.3) is 0 Å². The number of guanidine groups is 1. The van der Waals surface area contributed by atoms with Gasteiger partial charge < -0.3 is 15.2 Å². The average Bonchev–Trinajstić information content (AvgIpc) is 3.11. The lowest BCUT2D eigenvalue weighted by atomic mass is 10.4. The molecule has 2 aromatic heterocycles. The molecule has 2 N–H and O–H groups in total. The van der Waals surface area contributed by atoms with E-state index in [1.165, 1.54) is 5.69 Å². The zero-order chi connectivity index (χ0) is 15.8. The van der Waals surface area contributed by atoms with Crippen molar-refractivity contribution >= 4 is 5.96 Å². The molecule has 2 rings (SSSR count). The first-order valence-electron chi connectivity index (χ1n) is 7.75. The number of nitrogens with zero attached hydrogens (tertiary/aromatic N) is 4. The molecule has 6 nitrogen and oxygen atoms in total. The van der Waals surface area contributed by atoms with Gasteiger partial charge in [-0.05, 0) is 38.5 Å². The van der Waals surface area contributed by atoms with Crippen LogP contribution in [0, 0.1) is 13.8 Å². The third kappa shape index (κ3) is 4.95. The predicted octanol–water partition coefficient (Wildman–Crippen LogP) is 1.56. The maximum atomic E-state index is 4.47. The van der Waals surface area contributed by atoms with Crippen molar-refractivity contribution in [2.24, 2.45) is 4.99 Å². The van der Waals surface area contributed by atoms with Crippen LogP contribution in [0.15, 0.2) is 35.6 Å². The van der Waals surface area contributed by atoms with E-state index in [2.05, 4.69) is 55.4 Å². The van der Waals surface area contributed by atoms with E-state index in [1.807, 2.05) is 19.1 Å². The molecule has 2 aromatic rings. The Labute approximate surface area is 132 Å². The maximum absolute atomic E-state index is 4.47. The molecule has 0 aliphatic rings. The second kappa shape index (κ2) is 8.26. The van der Waals surface area contributed by atoms with Gasteiger partial charge in [0.2, 0.25) is 0 Å². The summed E-state index contributed by atoms with van der Waals surface area (Å²) in [6, 6.07) is 6.17. The summed E-state index contributed by atoms with van der Waals surface area (Å²) in [4.78, 5) is 4.24. The summed E-state index contributed by atoms with van der Waals surface area (Å²) in [5.41, 5.74) is 2.29. The maximum Gasteiger partial charge on any atom is 0.191 e. The third-order valence-corrected chi connectivity index (χ3v) is 3.49. The summed E-state index contributed by atoms with van der Waals surface area (Å²) < 4.78 is 4.20. The fraction of sp³-hybridized carbons (Fsp3) is 0.500. The van der Waals surface area contributed by atoms with Gasteiger partial charge in [0.1, 0.15) is 0 Å². The molecular formula is C16H26N6. The van der Waals surface area contributed by atoms with Crippen LogP contribution in [-0.4, -0.2) is 40.4 Å². The zero-order valence-electron chi connectivity index (χ0n) is 13.7. The van der Waals surface area contributed by atoms with Crippen LogP contribution in [0.2, 0.25) is 0 Å². The Morgan fingerprint density at radius 2 is 1.86 bits per heavy atom. The van der Waals surface area contributed by atoms with Crippen LogP contribution < -0.4 is 10.6 Å². The monoisotopic (exact) mass is 302 g/mol. The van der Waals surface area contributed by atoms with Gasteiger partial charge in [0.25, 0.3) is 0 Å². The highest BCUT2D eigenvalue weighted by Gasteiger charge is 2.01. The standard InChI is InChI=1S/C16H26N6/c1-14-13-15(2)22(20-14)11-6-7-18-16(17-3)19-8-12-21-9-4-5-10-21/h4-5,9-10,13H,6-8,11-12H2,1-3H3,(H2,17,18,19). The first-order chi connectivity index (χ1) is 10.7. The molecule has 0 bridgehead atoms. The molecule has 0 spiro atoms. The predicted molar refractivity (Wildman–Crippen MR) is 90.1 cm³/mol. The largest absolute Gasteiger partial charge is 0.356 e. The van der Waals surface area contributed by atoms with E-state index in [4.69, 9.17) is 0 Å². The van der Waals surface area contributed by atoms with Crippen LogP contribution >= 0.6 is 0 Å².